The number of aliphatic carboxylic acids is 1. The van der Waals surface area contributed by atoms with Crippen LogP contribution in [0.1, 0.15) is 88.1 Å². The number of benzene rings is 2. The van der Waals surface area contributed by atoms with Crippen LogP contribution in [-0.2, 0) is 24.2 Å². The highest BCUT2D eigenvalue weighted by Gasteiger charge is 2.19. The molecule has 0 bridgehead atoms. The first-order valence-corrected chi connectivity index (χ1v) is 17.7. The van der Waals surface area contributed by atoms with Crippen LogP contribution in [0.25, 0.3) is 48.1 Å². The second-order valence-corrected chi connectivity index (χ2v) is 13.7. The smallest absolute Gasteiger partial charge is 0.346 e. The average molecular weight is 623 g/mol. The maximum Gasteiger partial charge on any atom is 0.346 e. The third-order valence-corrected chi connectivity index (χ3v) is 11.0. The highest BCUT2D eigenvalue weighted by atomic mass is 32.1. The number of nitriles is 1. The molecular weight excluding hydrogens is 581 g/mol. The van der Waals surface area contributed by atoms with Crippen molar-refractivity contribution in [3.05, 3.63) is 76.2 Å². The summed E-state index contributed by atoms with van der Waals surface area (Å²) in [4.78, 5) is 16.3. The standard InChI is InChI=1S/C38H42N2O2S2/c1-4-7-9-11-15-26-22-36(43-34(26)24-29(25-39)38(41)42)37-28(16-12-10-8-5-2)23-35(44-37)27-19-20-33-31(21-27)30-17-13-14-18-32(30)40(33)6-3/h13-14,17-24H,4-12,15-16H2,1-3H3,(H,41,42)/b29-24+. The summed E-state index contributed by atoms with van der Waals surface area (Å²) in [5.74, 6) is -1.17. The molecule has 0 aliphatic heterocycles. The van der Waals surface area contributed by atoms with Gasteiger partial charge in [-0.15, -0.1) is 22.7 Å². The first-order chi connectivity index (χ1) is 21.5. The Morgan fingerprint density at radius 3 is 2.18 bits per heavy atom. The molecule has 0 saturated carbocycles. The molecule has 5 aromatic rings. The molecule has 1 N–H and O–H groups in total. The van der Waals surface area contributed by atoms with Gasteiger partial charge in [0.1, 0.15) is 11.6 Å². The van der Waals surface area contributed by atoms with Gasteiger partial charge < -0.3 is 9.67 Å². The minimum absolute atomic E-state index is 0.209. The van der Waals surface area contributed by atoms with Gasteiger partial charge in [-0.1, -0.05) is 76.6 Å². The number of aromatic nitrogens is 1. The van der Waals surface area contributed by atoms with Crippen LogP contribution in [0.5, 0.6) is 0 Å². The Hall–Kier alpha value is -3.66. The van der Waals surface area contributed by atoms with Gasteiger partial charge in [-0.3, -0.25) is 0 Å². The van der Waals surface area contributed by atoms with E-state index in [2.05, 4.69) is 79.9 Å². The summed E-state index contributed by atoms with van der Waals surface area (Å²) in [7, 11) is 0. The van der Waals surface area contributed by atoms with E-state index in [9.17, 15) is 15.2 Å². The van der Waals surface area contributed by atoms with E-state index in [1.807, 2.05) is 17.4 Å². The molecule has 0 spiro atoms. The van der Waals surface area contributed by atoms with E-state index in [1.165, 1.54) is 79.7 Å². The molecule has 2 aromatic carbocycles. The van der Waals surface area contributed by atoms with E-state index in [0.717, 1.165) is 49.1 Å². The third-order valence-electron chi connectivity index (χ3n) is 8.47. The predicted molar refractivity (Wildman–Crippen MR) is 189 cm³/mol. The molecule has 5 rings (SSSR count). The molecule has 3 heterocycles. The van der Waals surface area contributed by atoms with E-state index in [4.69, 9.17) is 0 Å². The summed E-state index contributed by atoms with van der Waals surface area (Å²) in [6.45, 7) is 7.59. The van der Waals surface area contributed by atoms with Crippen molar-refractivity contribution < 1.29 is 9.90 Å². The van der Waals surface area contributed by atoms with Gasteiger partial charge in [0.2, 0.25) is 0 Å². The Morgan fingerprint density at radius 1 is 0.818 bits per heavy atom. The van der Waals surface area contributed by atoms with Crippen molar-refractivity contribution in [2.24, 2.45) is 0 Å². The third kappa shape index (κ3) is 6.85. The maximum atomic E-state index is 11.7. The Labute approximate surface area is 269 Å². The number of fused-ring (bicyclic) bond motifs is 3. The quantitative estimate of drug-likeness (QED) is 0.0717. The molecule has 0 saturated heterocycles. The summed E-state index contributed by atoms with van der Waals surface area (Å²) >= 11 is 3.47. The fourth-order valence-electron chi connectivity index (χ4n) is 6.14. The van der Waals surface area contributed by atoms with Crippen LogP contribution in [0.3, 0.4) is 0 Å². The van der Waals surface area contributed by atoms with Gasteiger partial charge in [0.05, 0.1) is 0 Å². The lowest BCUT2D eigenvalue weighted by molar-refractivity contribution is -0.132. The Morgan fingerprint density at radius 2 is 1.50 bits per heavy atom. The number of para-hydroxylation sites is 1. The monoisotopic (exact) mass is 622 g/mol. The minimum atomic E-state index is -1.17. The van der Waals surface area contributed by atoms with Gasteiger partial charge >= 0.3 is 5.97 Å². The average Bonchev–Trinajstić information content (AvgIpc) is 3.73. The van der Waals surface area contributed by atoms with E-state index >= 15 is 0 Å². The van der Waals surface area contributed by atoms with Crippen LogP contribution in [0.4, 0.5) is 0 Å². The lowest BCUT2D eigenvalue weighted by Gasteiger charge is -2.03. The molecule has 4 nitrogen and oxygen atoms in total. The minimum Gasteiger partial charge on any atom is -0.477 e. The number of rotatable bonds is 15. The van der Waals surface area contributed by atoms with E-state index in [0.29, 0.717) is 0 Å². The van der Waals surface area contributed by atoms with Crippen molar-refractivity contribution in [3.63, 3.8) is 0 Å². The molecule has 0 radical (unpaired) electrons. The highest BCUT2D eigenvalue weighted by molar-refractivity contribution is 7.24. The topological polar surface area (TPSA) is 66.0 Å². The highest BCUT2D eigenvalue weighted by Crippen LogP contribution is 2.44. The SMILES string of the molecule is CCCCCCc1cc(-c2sc(-c3ccc4c(c3)c3ccccc3n4CC)cc2CCCCCC)sc1/C=C(\C#N)C(=O)O. The number of nitrogens with zero attached hydrogens (tertiary/aromatic N) is 2. The van der Waals surface area contributed by atoms with Gasteiger partial charge in [-0.25, -0.2) is 4.79 Å². The summed E-state index contributed by atoms with van der Waals surface area (Å²) < 4.78 is 2.39. The molecule has 44 heavy (non-hydrogen) atoms. The molecule has 0 aliphatic carbocycles. The second kappa shape index (κ2) is 14.9. The molecule has 0 fully saturated rings. The number of unbranched alkanes of at least 4 members (excludes halogenated alkanes) is 6. The molecule has 6 heteroatoms. The number of carboxylic acid groups (broad SMARTS) is 1. The van der Waals surface area contributed by atoms with Crippen molar-refractivity contribution in [3.8, 4) is 26.3 Å². The van der Waals surface area contributed by atoms with E-state index < -0.39 is 5.97 Å². The molecule has 228 valence electrons. The summed E-state index contributed by atoms with van der Waals surface area (Å²) in [6, 6.07) is 22.1. The fraction of sp³-hybridized carbons (Fsp3) is 0.368. The zero-order valence-electron chi connectivity index (χ0n) is 26.1. The number of hydrogen-bond donors (Lipinski definition) is 1. The first-order valence-electron chi connectivity index (χ1n) is 16.1. The summed E-state index contributed by atoms with van der Waals surface area (Å²) in [5, 5.41) is 21.7. The van der Waals surface area contributed by atoms with Crippen molar-refractivity contribution in [2.45, 2.75) is 91.5 Å². The zero-order chi connectivity index (χ0) is 31.1. The number of carbonyl (C=O) groups is 1. The van der Waals surface area contributed by atoms with Gasteiger partial charge in [-0.2, -0.15) is 5.26 Å². The van der Waals surface area contributed by atoms with Crippen molar-refractivity contribution >= 4 is 56.5 Å². The van der Waals surface area contributed by atoms with Crippen LogP contribution in [0, 0.1) is 11.3 Å². The van der Waals surface area contributed by atoms with Crippen LogP contribution in [0.15, 0.2) is 60.2 Å². The van der Waals surface area contributed by atoms with Crippen LogP contribution in [0.2, 0.25) is 0 Å². The summed E-state index contributed by atoms with van der Waals surface area (Å²) in [6.07, 6.45) is 12.9. The number of aryl methyl sites for hydroxylation is 3. The van der Waals surface area contributed by atoms with Crippen molar-refractivity contribution in [2.75, 3.05) is 0 Å². The van der Waals surface area contributed by atoms with Gasteiger partial charge in [0.25, 0.3) is 0 Å². The molecule has 0 aliphatic rings. The number of hydrogen-bond acceptors (Lipinski definition) is 4. The van der Waals surface area contributed by atoms with Crippen molar-refractivity contribution in [1.29, 1.82) is 5.26 Å². The zero-order valence-corrected chi connectivity index (χ0v) is 27.8. The van der Waals surface area contributed by atoms with Gasteiger partial charge in [0.15, 0.2) is 0 Å². The summed E-state index contributed by atoms with van der Waals surface area (Å²) in [5.41, 5.74) is 6.08. The Kier molecular flexibility index (Phi) is 10.7. The first kappa shape index (κ1) is 31.8. The van der Waals surface area contributed by atoms with Crippen LogP contribution >= 0.6 is 22.7 Å². The van der Waals surface area contributed by atoms with Crippen LogP contribution in [-0.4, -0.2) is 15.6 Å². The maximum absolute atomic E-state index is 11.7. The van der Waals surface area contributed by atoms with E-state index in [-0.39, 0.29) is 5.57 Å². The Bertz CT molecular complexity index is 1830. The Balaban J connectivity index is 1.59. The second-order valence-electron chi connectivity index (χ2n) is 11.6. The lowest BCUT2D eigenvalue weighted by Crippen LogP contribution is -1.97. The number of thiophene rings is 2. The molecule has 3 aromatic heterocycles. The van der Waals surface area contributed by atoms with Gasteiger partial charge in [0, 0.05) is 47.9 Å². The lowest BCUT2D eigenvalue weighted by atomic mass is 10.0. The molecule has 0 unspecified atom stereocenters. The van der Waals surface area contributed by atoms with E-state index in [1.54, 1.807) is 17.4 Å². The molecule has 0 atom stereocenters. The fourth-order valence-corrected chi connectivity index (χ4v) is 8.64. The molecular formula is C38H42N2O2S2. The number of carboxylic acids is 1. The molecule has 0 amide bonds. The largest absolute Gasteiger partial charge is 0.477 e. The normalized spacial score (nSPS) is 11.9. The van der Waals surface area contributed by atoms with Gasteiger partial charge in [-0.05, 0) is 85.7 Å². The predicted octanol–water partition coefficient (Wildman–Crippen LogP) is 11.5. The van der Waals surface area contributed by atoms with Crippen molar-refractivity contribution in [1.82, 2.24) is 4.57 Å². The van der Waals surface area contributed by atoms with Crippen LogP contribution < -0.4 is 0 Å².